The Morgan fingerprint density at radius 1 is 0.472 bits per heavy atom. The molecule has 0 saturated heterocycles. The second-order valence-corrected chi connectivity index (χ2v) is 14.4. The van der Waals surface area contributed by atoms with E-state index in [9.17, 15) is 0 Å². The van der Waals surface area contributed by atoms with Crippen LogP contribution >= 0.6 is 11.3 Å². The summed E-state index contributed by atoms with van der Waals surface area (Å²) in [6.45, 7) is 0. The Morgan fingerprint density at radius 2 is 1.11 bits per heavy atom. The standard InChI is InChI=1S/C48H29N3OS/c1-3-16-33(17-4-1)51(34-18-5-2-6-19-34)41-24-13-23-37-39-29-40(35-20-9-10-21-36(35)45(39)52-46(37)41)48-49-43(32-27-26-30-14-7-8-15-31(30)28-32)47-44(50-48)38-22-11-12-25-42(38)53-47/h1-29H. The van der Waals surface area contributed by atoms with Gasteiger partial charge in [-0.15, -0.1) is 11.3 Å². The van der Waals surface area contributed by atoms with Crippen LogP contribution in [-0.2, 0) is 0 Å². The molecule has 0 amide bonds. The molecule has 3 aromatic heterocycles. The maximum atomic E-state index is 6.98. The van der Waals surface area contributed by atoms with E-state index in [-0.39, 0.29) is 0 Å². The van der Waals surface area contributed by atoms with Crippen LogP contribution in [0.25, 0.3) is 86.4 Å². The second kappa shape index (κ2) is 11.9. The zero-order valence-corrected chi connectivity index (χ0v) is 29.2. The number of nitrogens with zero attached hydrogens (tertiary/aromatic N) is 3. The molecule has 0 aliphatic rings. The fraction of sp³-hybridized carbons (Fsp3) is 0. The van der Waals surface area contributed by atoms with Gasteiger partial charge < -0.3 is 9.32 Å². The van der Waals surface area contributed by atoms with Crippen LogP contribution < -0.4 is 4.90 Å². The molecule has 8 aromatic carbocycles. The smallest absolute Gasteiger partial charge is 0.161 e. The zero-order chi connectivity index (χ0) is 34.9. The predicted octanol–water partition coefficient (Wildman–Crippen LogP) is 13.9. The largest absolute Gasteiger partial charge is 0.453 e. The lowest BCUT2D eigenvalue weighted by atomic mass is 9.99. The van der Waals surface area contributed by atoms with E-state index in [1.54, 1.807) is 11.3 Å². The molecule has 3 heterocycles. The Bertz CT molecular complexity index is 3150. The molecule has 11 aromatic rings. The van der Waals surface area contributed by atoms with Gasteiger partial charge in [0.25, 0.3) is 0 Å². The first-order valence-electron chi connectivity index (χ1n) is 17.7. The summed E-state index contributed by atoms with van der Waals surface area (Å²) >= 11 is 1.76. The van der Waals surface area contributed by atoms with Gasteiger partial charge >= 0.3 is 0 Å². The quantitative estimate of drug-likeness (QED) is 0.180. The number of hydrogen-bond acceptors (Lipinski definition) is 5. The van der Waals surface area contributed by atoms with E-state index in [4.69, 9.17) is 14.4 Å². The van der Waals surface area contributed by atoms with Gasteiger partial charge in [-0.05, 0) is 64.7 Å². The molecule has 0 bridgehead atoms. The summed E-state index contributed by atoms with van der Waals surface area (Å²) in [6.07, 6.45) is 0. The van der Waals surface area contributed by atoms with Gasteiger partial charge in [0.1, 0.15) is 5.58 Å². The molecule has 53 heavy (non-hydrogen) atoms. The molecule has 0 unspecified atom stereocenters. The van der Waals surface area contributed by atoms with Crippen molar-refractivity contribution >= 4 is 92.2 Å². The van der Waals surface area contributed by atoms with Crippen molar-refractivity contribution in [2.45, 2.75) is 0 Å². The average Bonchev–Trinajstić information content (AvgIpc) is 3.80. The molecule has 0 aliphatic carbocycles. The van der Waals surface area contributed by atoms with Gasteiger partial charge in [-0.2, -0.15) is 0 Å². The fourth-order valence-corrected chi connectivity index (χ4v) is 8.94. The molecular formula is C48H29N3OS. The van der Waals surface area contributed by atoms with E-state index in [1.807, 2.05) is 12.1 Å². The first-order valence-corrected chi connectivity index (χ1v) is 18.6. The summed E-state index contributed by atoms with van der Waals surface area (Å²) in [7, 11) is 0. The summed E-state index contributed by atoms with van der Waals surface area (Å²) in [5.41, 5.74) is 8.75. The highest BCUT2D eigenvalue weighted by molar-refractivity contribution is 7.26. The van der Waals surface area contributed by atoms with Crippen LogP contribution in [0.2, 0.25) is 0 Å². The molecule has 4 nitrogen and oxygen atoms in total. The first kappa shape index (κ1) is 29.9. The number of aromatic nitrogens is 2. The third kappa shape index (κ3) is 4.75. The van der Waals surface area contributed by atoms with Crippen molar-refractivity contribution in [3.8, 4) is 22.6 Å². The number of thiophene rings is 1. The highest BCUT2D eigenvalue weighted by atomic mass is 32.1. The van der Waals surface area contributed by atoms with Crippen LogP contribution in [0.4, 0.5) is 17.1 Å². The second-order valence-electron chi connectivity index (χ2n) is 13.3. The maximum Gasteiger partial charge on any atom is 0.161 e. The highest BCUT2D eigenvalue weighted by Crippen LogP contribution is 2.46. The molecule has 0 atom stereocenters. The molecule has 248 valence electrons. The molecule has 0 aliphatic heterocycles. The van der Waals surface area contributed by atoms with Crippen molar-refractivity contribution < 1.29 is 4.42 Å². The molecule has 0 radical (unpaired) electrons. The normalized spacial score (nSPS) is 11.8. The van der Waals surface area contributed by atoms with E-state index in [1.165, 1.54) is 15.5 Å². The lowest BCUT2D eigenvalue weighted by Gasteiger charge is -2.25. The summed E-state index contributed by atoms with van der Waals surface area (Å²) < 4.78 is 9.27. The van der Waals surface area contributed by atoms with Crippen molar-refractivity contribution in [1.82, 2.24) is 9.97 Å². The lowest BCUT2D eigenvalue weighted by Crippen LogP contribution is -2.09. The van der Waals surface area contributed by atoms with Crippen LogP contribution in [0, 0.1) is 0 Å². The van der Waals surface area contributed by atoms with Crippen molar-refractivity contribution in [1.29, 1.82) is 0 Å². The SMILES string of the molecule is c1ccc(N(c2ccccc2)c2cccc3c2oc2c4ccccc4c(-c4nc(-c5ccc6ccccc6c5)c5sc6ccccc6c5n4)cc32)cc1. The van der Waals surface area contributed by atoms with Gasteiger partial charge in [0, 0.05) is 48.7 Å². The number of para-hydroxylation sites is 3. The highest BCUT2D eigenvalue weighted by Gasteiger charge is 2.23. The molecule has 0 fully saturated rings. The van der Waals surface area contributed by atoms with Gasteiger partial charge in [0.15, 0.2) is 11.4 Å². The molecule has 11 rings (SSSR count). The Labute approximate surface area is 308 Å². The van der Waals surface area contributed by atoms with Crippen LogP contribution in [-0.4, -0.2) is 9.97 Å². The number of furan rings is 1. The molecule has 5 heteroatoms. The zero-order valence-electron chi connectivity index (χ0n) is 28.4. The van der Waals surface area contributed by atoms with Crippen LogP contribution in [0.15, 0.2) is 180 Å². The van der Waals surface area contributed by atoms with Gasteiger partial charge in [0.2, 0.25) is 0 Å². The van der Waals surface area contributed by atoms with Crippen LogP contribution in [0.1, 0.15) is 0 Å². The van der Waals surface area contributed by atoms with Gasteiger partial charge in [-0.3, -0.25) is 0 Å². The Kier molecular flexibility index (Phi) is 6.69. The average molecular weight is 696 g/mol. The van der Waals surface area contributed by atoms with Gasteiger partial charge in [0.05, 0.1) is 21.6 Å². The van der Waals surface area contributed by atoms with E-state index < -0.39 is 0 Å². The maximum absolute atomic E-state index is 6.98. The molecular weight excluding hydrogens is 667 g/mol. The minimum absolute atomic E-state index is 0.697. The first-order chi connectivity index (χ1) is 26.3. The summed E-state index contributed by atoms with van der Waals surface area (Å²) in [5, 5.41) is 7.68. The third-order valence-corrected chi connectivity index (χ3v) is 11.4. The molecule has 0 spiro atoms. The topological polar surface area (TPSA) is 42.2 Å². The summed E-state index contributed by atoms with van der Waals surface area (Å²) in [6, 6.07) is 61.7. The van der Waals surface area contributed by atoms with E-state index in [0.29, 0.717) is 5.82 Å². The molecule has 0 saturated carbocycles. The predicted molar refractivity (Wildman–Crippen MR) is 223 cm³/mol. The van der Waals surface area contributed by atoms with Gasteiger partial charge in [-0.1, -0.05) is 127 Å². The van der Waals surface area contributed by atoms with Crippen molar-refractivity contribution in [3.05, 3.63) is 176 Å². The van der Waals surface area contributed by atoms with Crippen molar-refractivity contribution in [2.75, 3.05) is 4.90 Å². The number of benzene rings is 8. The lowest BCUT2D eigenvalue weighted by molar-refractivity contribution is 0.673. The van der Waals surface area contributed by atoms with Crippen LogP contribution in [0.3, 0.4) is 0 Å². The number of hydrogen-bond donors (Lipinski definition) is 0. The number of anilines is 3. The van der Waals surface area contributed by atoms with Gasteiger partial charge in [-0.25, -0.2) is 9.97 Å². The molecule has 0 N–H and O–H groups in total. The number of rotatable bonds is 5. The minimum atomic E-state index is 0.697. The van der Waals surface area contributed by atoms with E-state index in [0.717, 1.165) is 82.2 Å². The number of fused-ring (bicyclic) bond motifs is 9. The Morgan fingerprint density at radius 3 is 1.91 bits per heavy atom. The van der Waals surface area contributed by atoms with Crippen LogP contribution in [0.5, 0.6) is 0 Å². The van der Waals surface area contributed by atoms with Crippen molar-refractivity contribution in [3.63, 3.8) is 0 Å². The van der Waals surface area contributed by atoms with Crippen molar-refractivity contribution in [2.24, 2.45) is 0 Å². The minimum Gasteiger partial charge on any atom is -0.453 e. The van der Waals surface area contributed by atoms with E-state index in [2.05, 4.69) is 169 Å². The Balaban J connectivity index is 1.20. The third-order valence-electron chi connectivity index (χ3n) is 10.2. The summed E-state index contributed by atoms with van der Waals surface area (Å²) in [5.74, 6) is 0.697. The monoisotopic (exact) mass is 695 g/mol. The Hall–Kier alpha value is -6.82. The fourth-order valence-electron chi connectivity index (χ4n) is 7.79. The van der Waals surface area contributed by atoms with E-state index >= 15 is 0 Å². The summed E-state index contributed by atoms with van der Waals surface area (Å²) in [4.78, 5) is 13.1.